The van der Waals surface area contributed by atoms with Gasteiger partial charge in [-0.25, -0.2) is 0 Å². The third-order valence-corrected chi connectivity index (χ3v) is 3.30. The predicted molar refractivity (Wildman–Crippen MR) is 62.1 cm³/mol. The number of carboxylic acids is 1. The van der Waals surface area contributed by atoms with Crippen LogP contribution in [0.1, 0.15) is 34.1 Å². The van der Waals surface area contributed by atoms with Crippen molar-refractivity contribution >= 4 is 5.97 Å². The largest absolute Gasteiger partial charge is 0.480 e. The van der Waals surface area contributed by atoms with Gasteiger partial charge < -0.3 is 15.3 Å². The molecule has 0 spiro atoms. The van der Waals surface area contributed by atoms with E-state index >= 15 is 0 Å². The van der Waals surface area contributed by atoms with Crippen molar-refractivity contribution in [3.05, 3.63) is 0 Å². The van der Waals surface area contributed by atoms with Gasteiger partial charge in [0.15, 0.2) is 0 Å². The number of rotatable bonds is 6. The highest BCUT2D eigenvalue weighted by atomic mass is 16.4. The molecule has 0 amide bonds. The Morgan fingerprint density at radius 3 is 2.07 bits per heavy atom. The SMILES string of the molecule is CCC(C)(NCC(C)(C)N(C)C)C(=O)O. The molecule has 0 aliphatic heterocycles. The number of likely N-dealkylation sites (N-methyl/N-ethyl adjacent to an activating group) is 1. The molecule has 1 atom stereocenters. The maximum atomic E-state index is 11.1. The summed E-state index contributed by atoms with van der Waals surface area (Å²) in [6.45, 7) is 8.41. The highest BCUT2D eigenvalue weighted by molar-refractivity contribution is 5.78. The lowest BCUT2D eigenvalue weighted by Crippen LogP contribution is -2.56. The van der Waals surface area contributed by atoms with Gasteiger partial charge in [-0.15, -0.1) is 0 Å². The molecule has 0 aromatic rings. The normalized spacial score (nSPS) is 16.5. The van der Waals surface area contributed by atoms with Crippen LogP contribution < -0.4 is 5.32 Å². The average molecular weight is 216 g/mol. The number of carboxylic acid groups (broad SMARTS) is 1. The zero-order valence-electron chi connectivity index (χ0n) is 10.7. The summed E-state index contributed by atoms with van der Waals surface area (Å²) in [7, 11) is 3.98. The van der Waals surface area contributed by atoms with Crippen molar-refractivity contribution in [2.75, 3.05) is 20.6 Å². The Labute approximate surface area is 92.7 Å². The summed E-state index contributed by atoms with van der Waals surface area (Å²) in [6.07, 6.45) is 0.575. The summed E-state index contributed by atoms with van der Waals surface area (Å²) < 4.78 is 0. The predicted octanol–water partition coefficient (Wildman–Crippen LogP) is 1.17. The molecule has 0 aliphatic carbocycles. The topological polar surface area (TPSA) is 52.6 Å². The number of hydrogen-bond donors (Lipinski definition) is 2. The van der Waals surface area contributed by atoms with E-state index in [9.17, 15) is 4.79 Å². The molecule has 4 heteroatoms. The van der Waals surface area contributed by atoms with Gasteiger partial charge in [-0.1, -0.05) is 6.92 Å². The van der Waals surface area contributed by atoms with E-state index in [4.69, 9.17) is 5.11 Å². The summed E-state index contributed by atoms with van der Waals surface area (Å²) >= 11 is 0. The Kier molecular flexibility index (Phi) is 4.74. The highest BCUT2D eigenvalue weighted by Crippen LogP contribution is 2.14. The molecule has 0 radical (unpaired) electrons. The first-order valence-corrected chi connectivity index (χ1v) is 5.31. The summed E-state index contributed by atoms with van der Waals surface area (Å²) in [5.41, 5.74) is -0.876. The number of carbonyl (C=O) groups is 1. The van der Waals surface area contributed by atoms with E-state index in [-0.39, 0.29) is 5.54 Å². The molecule has 0 heterocycles. The van der Waals surface area contributed by atoms with Gasteiger partial charge in [-0.05, 0) is 41.3 Å². The van der Waals surface area contributed by atoms with Crippen LogP contribution in [0.15, 0.2) is 0 Å². The minimum atomic E-state index is -0.826. The molecule has 15 heavy (non-hydrogen) atoms. The van der Waals surface area contributed by atoms with Gasteiger partial charge in [0, 0.05) is 12.1 Å². The second kappa shape index (κ2) is 4.94. The molecule has 0 aromatic heterocycles. The molecular weight excluding hydrogens is 192 g/mol. The Morgan fingerprint density at radius 1 is 1.33 bits per heavy atom. The van der Waals surface area contributed by atoms with E-state index in [1.54, 1.807) is 6.92 Å². The van der Waals surface area contributed by atoms with Crippen LogP contribution in [-0.4, -0.2) is 47.7 Å². The first kappa shape index (κ1) is 14.4. The van der Waals surface area contributed by atoms with Gasteiger partial charge in [0.2, 0.25) is 0 Å². The van der Waals surface area contributed by atoms with Crippen molar-refractivity contribution in [3.8, 4) is 0 Å². The molecule has 4 nitrogen and oxygen atoms in total. The fourth-order valence-electron chi connectivity index (χ4n) is 0.921. The van der Waals surface area contributed by atoms with Crippen molar-refractivity contribution < 1.29 is 9.90 Å². The molecule has 0 aromatic carbocycles. The van der Waals surface area contributed by atoms with Gasteiger partial charge in [0.05, 0.1) is 0 Å². The van der Waals surface area contributed by atoms with Crippen LogP contribution in [0.3, 0.4) is 0 Å². The van der Waals surface area contributed by atoms with Crippen LogP contribution in [0, 0.1) is 0 Å². The Morgan fingerprint density at radius 2 is 1.80 bits per heavy atom. The van der Waals surface area contributed by atoms with Gasteiger partial charge in [0.1, 0.15) is 5.54 Å². The van der Waals surface area contributed by atoms with Crippen LogP contribution in [0.2, 0.25) is 0 Å². The lowest BCUT2D eigenvalue weighted by Gasteiger charge is -2.36. The molecule has 0 bridgehead atoms. The zero-order chi connectivity index (χ0) is 12.3. The monoisotopic (exact) mass is 216 g/mol. The fourth-order valence-corrected chi connectivity index (χ4v) is 0.921. The van der Waals surface area contributed by atoms with Crippen LogP contribution in [0.4, 0.5) is 0 Å². The quantitative estimate of drug-likeness (QED) is 0.700. The Balaban J connectivity index is 4.42. The number of nitrogens with one attached hydrogen (secondary N) is 1. The molecule has 0 saturated carbocycles. The molecular formula is C11H24N2O2. The number of hydrogen-bond acceptors (Lipinski definition) is 3. The fraction of sp³-hybridized carbons (Fsp3) is 0.909. The van der Waals surface area contributed by atoms with E-state index < -0.39 is 11.5 Å². The molecule has 0 saturated heterocycles. The molecule has 0 rings (SSSR count). The van der Waals surface area contributed by atoms with E-state index in [0.717, 1.165) is 0 Å². The minimum Gasteiger partial charge on any atom is -0.480 e. The molecule has 90 valence electrons. The van der Waals surface area contributed by atoms with Crippen LogP contribution >= 0.6 is 0 Å². The van der Waals surface area contributed by atoms with E-state index in [2.05, 4.69) is 24.1 Å². The Hall–Kier alpha value is -0.610. The molecule has 1 unspecified atom stereocenters. The van der Waals surface area contributed by atoms with Crippen molar-refractivity contribution in [2.24, 2.45) is 0 Å². The average Bonchev–Trinajstić information content (AvgIpc) is 2.13. The molecule has 0 aliphatic rings. The van der Waals surface area contributed by atoms with Crippen molar-refractivity contribution in [1.82, 2.24) is 10.2 Å². The van der Waals surface area contributed by atoms with Gasteiger partial charge in [-0.3, -0.25) is 4.79 Å². The minimum absolute atomic E-state index is 0.0497. The van der Waals surface area contributed by atoms with Gasteiger partial charge >= 0.3 is 5.97 Å². The summed E-state index contributed by atoms with van der Waals surface area (Å²) in [4.78, 5) is 13.1. The Bertz CT molecular complexity index is 227. The van der Waals surface area contributed by atoms with Crippen LogP contribution in [-0.2, 0) is 4.79 Å². The third-order valence-electron chi connectivity index (χ3n) is 3.30. The van der Waals surface area contributed by atoms with Crippen LogP contribution in [0.25, 0.3) is 0 Å². The summed E-state index contributed by atoms with van der Waals surface area (Å²) in [6, 6.07) is 0. The van der Waals surface area contributed by atoms with Crippen molar-refractivity contribution in [1.29, 1.82) is 0 Å². The summed E-state index contributed by atoms with van der Waals surface area (Å²) in [5.74, 6) is -0.792. The third kappa shape index (κ3) is 3.80. The number of nitrogens with zero attached hydrogens (tertiary/aromatic N) is 1. The van der Waals surface area contributed by atoms with Gasteiger partial charge in [0.25, 0.3) is 0 Å². The summed E-state index contributed by atoms with van der Waals surface area (Å²) in [5, 5.41) is 12.2. The van der Waals surface area contributed by atoms with Crippen molar-refractivity contribution in [3.63, 3.8) is 0 Å². The smallest absolute Gasteiger partial charge is 0.323 e. The van der Waals surface area contributed by atoms with E-state index in [1.807, 2.05) is 21.0 Å². The van der Waals surface area contributed by atoms with Gasteiger partial charge in [-0.2, -0.15) is 0 Å². The van der Waals surface area contributed by atoms with Crippen LogP contribution in [0.5, 0.6) is 0 Å². The maximum absolute atomic E-state index is 11.1. The first-order chi connectivity index (χ1) is 6.65. The standard InChI is InChI=1S/C11H24N2O2/c1-7-11(4,9(14)15)12-8-10(2,3)13(5)6/h12H,7-8H2,1-6H3,(H,14,15). The lowest BCUT2D eigenvalue weighted by molar-refractivity contribution is -0.144. The second-order valence-electron chi connectivity index (χ2n) is 5.05. The number of aliphatic carboxylic acids is 1. The van der Waals surface area contributed by atoms with Crippen molar-refractivity contribution in [2.45, 2.75) is 45.2 Å². The molecule has 2 N–H and O–H groups in total. The highest BCUT2D eigenvalue weighted by Gasteiger charge is 2.33. The second-order valence-corrected chi connectivity index (χ2v) is 5.05. The van der Waals surface area contributed by atoms with E-state index in [1.165, 1.54) is 0 Å². The first-order valence-electron chi connectivity index (χ1n) is 5.31. The van der Waals surface area contributed by atoms with E-state index in [0.29, 0.717) is 13.0 Å². The maximum Gasteiger partial charge on any atom is 0.323 e. The zero-order valence-corrected chi connectivity index (χ0v) is 10.7. The lowest BCUT2D eigenvalue weighted by atomic mass is 9.96. The molecule has 0 fully saturated rings.